The van der Waals surface area contributed by atoms with Crippen molar-refractivity contribution in [1.82, 2.24) is 10.2 Å². The second-order valence-electron chi connectivity index (χ2n) is 4.79. The molecule has 1 aliphatic heterocycles. The molecule has 2 N–H and O–H groups in total. The lowest BCUT2D eigenvalue weighted by molar-refractivity contribution is 0.0285. The van der Waals surface area contributed by atoms with E-state index in [1.54, 1.807) is 6.92 Å². The molecule has 1 heterocycles. The fourth-order valence-corrected chi connectivity index (χ4v) is 2.44. The number of nitrogens with one attached hydrogen (secondary N) is 1. The van der Waals surface area contributed by atoms with Gasteiger partial charge in [-0.3, -0.25) is 4.90 Å². The van der Waals surface area contributed by atoms with Crippen molar-refractivity contribution in [1.29, 1.82) is 0 Å². The monoisotopic (exact) mass is 256 g/mol. The predicted octanol–water partition coefficient (Wildman–Crippen LogP) is 1.08. The number of halogens is 2. The molecule has 1 saturated heterocycles. The molecule has 1 aliphatic rings. The molecule has 18 heavy (non-hydrogen) atoms. The Morgan fingerprint density at radius 3 is 2.56 bits per heavy atom. The van der Waals surface area contributed by atoms with Gasteiger partial charge >= 0.3 is 0 Å². The number of aliphatic hydroxyl groups is 1. The van der Waals surface area contributed by atoms with E-state index in [1.807, 2.05) is 4.90 Å². The summed E-state index contributed by atoms with van der Waals surface area (Å²) in [4.78, 5) is 2.03. The van der Waals surface area contributed by atoms with Crippen molar-refractivity contribution < 1.29 is 13.9 Å². The molecule has 100 valence electrons. The summed E-state index contributed by atoms with van der Waals surface area (Å²) >= 11 is 0. The number of benzene rings is 1. The van der Waals surface area contributed by atoms with Crippen LogP contribution >= 0.6 is 0 Å². The molecule has 1 aromatic rings. The Morgan fingerprint density at radius 1 is 1.33 bits per heavy atom. The van der Waals surface area contributed by atoms with Gasteiger partial charge in [0, 0.05) is 37.8 Å². The van der Waals surface area contributed by atoms with E-state index in [2.05, 4.69) is 5.32 Å². The maximum atomic E-state index is 13.9. The van der Waals surface area contributed by atoms with Gasteiger partial charge in [-0.05, 0) is 13.0 Å². The van der Waals surface area contributed by atoms with Gasteiger partial charge in [-0.15, -0.1) is 0 Å². The van der Waals surface area contributed by atoms with Crippen molar-refractivity contribution in [2.75, 3.05) is 32.8 Å². The van der Waals surface area contributed by atoms with Crippen LogP contribution in [0.4, 0.5) is 8.78 Å². The SMILES string of the molecule is CC(CO)(c1ccc(F)cc1F)N1CCNCC1. The van der Waals surface area contributed by atoms with Crippen LogP contribution in [-0.2, 0) is 5.54 Å². The molecule has 1 fully saturated rings. The van der Waals surface area contributed by atoms with Crippen LogP contribution in [0.25, 0.3) is 0 Å². The highest BCUT2D eigenvalue weighted by Crippen LogP contribution is 2.30. The van der Waals surface area contributed by atoms with Crippen LogP contribution in [0.2, 0.25) is 0 Å². The number of nitrogens with zero attached hydrogens (tertiary/aromatic N) is 1. The maximum absolute atomic E-state index is 13.9. The van der Waals surface area contributed by atoms with Gasteiger partial charge in [0.05, 0.1) is 12.1 Å². The molecule has 0 aliphatic carbocycles. The van der Waals surface area contributed by atoms with Gasteiger partial charge in [0.1, 0.15) is 11.6 Å². The molecule has 0 aromatic heterocycles. The van der Waals surface area contributed by atoms with E-state index in [0.717, 1.165) is 32.2 Å². The topological polar surface area (TPSA) is 35.5 Å². The standard InChI is InChI=1S/C13H18F2N2O/c1-13(9-18,17-6-4-16-5-7-17)11-3-2-10(14)8-12(11)15/h2-3,8,16,18H,4-7,9H2,1H3. The lowest BCUT2D eigenvalue weighted by Crippen LogP contribution is -2.55. The van der Waals surface area contributed by atoms with Crippen LogP contribution in [0.3, 0.4) is 0 Å². The second kappa shape index (κ2) is 5.30. The fraction of sp³-hybridized carbons (Fsp3) is 0.538. The third-order valence-corrected chi connectivity index (χ3v) is 3.63. The van der Waals surface area contributed by atoms with Crippen LogP contribution in [0.1, 0.15) is 12.5 Å². The molecule has 0 radical (unpaired) electrons. The Morgan fingerprint density at radius 2 is 2.00 bits per heavy atom. The van der Waals surface area contributed by atoms with Crippen molar-refractivity contribution in [3.8, 4) is 0 Å². The third-order valence-electron chi connectivity index (χ3n) is 3.63. The van der Waals surface area contributed by atoms with Crippen LogP contribution in [0.5, 0.6) is 0 Å². The Balaban J connectivity index is 2.35. The van der Waals surface area contributed by atoms with Crippen molar-refractivity contribution >= 4 is 0 Å². The minimum atomic E-state index is -0.806. The van der Waals surface area contributed by atoms with E-state index >= 15 is 0 Å². The molecule has 5 heteroatoms. The average molecular weight is 256 g/mol. The van der Waals surface area contributed by atoms with Crippen LogP contribution in [0, 0.1) is 11.6 Å². The predicted molar refractivity (Wildman–Crippen MR) is 65.2 cm³/mol. The molecule has 1 aromatic carbocycles. The molecular formula is C13H18F2N2O. The van der Waals surface area contributed by atoms with Gasteiger partial charge in [-0.2, -0.15) is 0 Å². The Hall–Kier alpha value is -1.04. The molecule has 0 bridgehead atoms. The number of aliphatic hydroxyl groups excluding tert-OH is 1. The van der Waals surface area contributed by atoms with Crippen LogP contribution < -0.4 is 5.32 Å². The van der Waals surface area contributed by atoms with Crippen LogP contribution in [-0.4, -0.2) is 42.8 Å². The van der Waals surface area contributed by atoms with Gasteiger partial charge in [0.2, 0.25) is 0 Å². The van der Waals surface area contributed by atoms with Crippen molar-refractivity contribution in [2.24, 2.45) is 0 Å². The highest BCUT2D eigenvalue weighted by atomic mass is 19.1. The van der Waals surface area contributed by atoms with Gasteiger partial charge in [0.15, 0.2) is 0 Å². The zero-order valence-electron chi connectivity index (χ0n) is 10.4. The van der Waals surface area contributed by atoms with Gasteiger partial charge in [-0.25, -0.2) is 8.78 Å². The lowest BCUT2D eigenvalue weighted by Gasteiger charge is -2.43. The highest BCUT2D eigenvalue weighted by molar-refractivity contribution is 5.27. The quantitative estimate of drug-likeness (QED) is 0.849. The Labute approximate surface area is 105 Å². The molecule has 1 unspecified atom stereocenters. The summed E-state index contributed by atoms with van der Waals surface area (Å²) in [5, 5.41) is 12.9. The summed E-state index contributed by atoms with van der Waals surface area (Å²) < 4.78 is 26.9. The highest BCUT2D eigenvalue weighted by Gasteiger charge is 2.36. The number of hydrogen-bond acceptors (Lipinski definition) is 3. The van der Waals surface area contributed by atoms with Crippen molar-refractivity contribution in [3.63, 3.8) is 0 Å². The Bertz CT molecular complexity index is 421. The summed E-state index contributed by atoms with van der Waals surface area (Å²) in [7, 11) is 0. The molecule has 0 amide bonds. The van der Waals surface area contributed by atoms with E-state index in [1.165, 1.54) is 12.1 Å². The van der Waals surface area contributed by atoms with E-state index in [9.17, 15) is 13.9 Å². The molecule has 3 nitrogen and oxygen atoms in total. The molecule has 2 rings (SSSR count). The third kappa shape index (κ3) is 2.39. The number of piperazine rings is 1. The second-order valence-corrected chi connectivity index (χ2v) is 4.79. The van der Waals surface area contributed by atoms with E-state index in [4.69, 9.17) is 0 Å². The lowest BCUT2D eigenvalue weighted by atomic mass is 9.89. The molecule has 0 saturated carbocycles. The number of hydrogen-bond donors (Lipinski definition) is 2. The first-order valence-electron chi connectivity index (χ1n) is 6.10. The summed E-state index contributed by atoms with van der Waals surface area (Å²) in [5.74, 6) is -1.21. The molecule has 0 spiro atoms. The van der Waals surface area contributed by atoms with E-state index in [0.29, 0.717) is 5.56 Å². The number of rotatable bonds is 3. The first-order chi connectivity index (χ1) is 8.58. The molecular weight excluding hydrogens is 238 g/mol. The van der Waals surface area contributed by atoms with Gasteiger partial charge in [-0.1, -0.05) is 6.07 Å². The average Bonchev–Trinajstić information content (AvgIpc) is 2.39. The summed E-state index contributed by atoms with van der Waals surface area (Å²) in [5.41, 5.74) is -0.465. The minimum absolute atomic E-state index is 0.199. The summed E-state index contributed by atoms with van der Waals surface area (Å²) in [6.07, 6.45) is 0. The van der Waals surface area contributed by atoms with Crippen molar-refractivity contribution in [3.05, 3.63) is 35.4 Å². The van der Waals surface area contributed by atoms with Gasteiger partial charge in [0.25, 0.3) is 0 Å². The van der Waals surface area contributed by atoms with Gasteiger partial charge < -0.3 is 10.4 Å². The molecule has 1 atom stereocenters. The Kier molecular flexibility index (Phi) is 3.94. The van der Waals surface area contributed by atoms with E-state index < -0.39 is 17.2 Å². The van der Waals surface area contributed by atoms with E-state index in [-0.39, 0.29) is 6.61 Å². The summed E-state index contributed by atoms with van der Waals surface area (Å²) in [6.45, 7) is 4.66. The minimum Gasteiger partial charge on any atom is -0.394 e. The van der Waals surface area contributed by atoms with Crippen molar-refractivity contribution in [2.45, 2.75) is 12.5 Å². The summed E-state index contributed by atoms with van der Waals surface area (Å²) in [6, 6.07) is 3.52. The maximum Gasteiger partial charge on any atom is 0.131 e. The normalized spacial score (nSPS) is 20.7. The fourth-order valence-electron chi connectivity index (χ4n) is 2.44. The largest absolute Gasteiger partial charge is 0.394 e. The van der Waals surface area contributed by atoms with Crippen LogP contribution in [0.15, 0.2) is 18.2 Å². The first-order valence-corrected chi connectivity index (χ1v) is 6.10. The first kappa shape index (κ1) is 13.4. The smallest absolute Gasteiger partial charge is 0.131 e. The zero-order chi connectivity index (χ0) is 13.2. The zero-order valence-corrected chi connectivity index (χ0v) is 10.4.